The van der Waals surface area contributed by atoms with Crippen LogP contribution in [0.3, 0.4) is 0 Å². The van der Waals surface area contributed by atoms with Crippen LogP contribution >= 0.6 is 0 Å². The molecule has 0 saturated carbocycles. The van der Waals surface area contributed by atoms with Crippen LogP contribution in [0.4, 0.5) is 0 Å². The van der Waals surface area contributed by atoms with E-state index in [-0.39, 0.29) is 0 Å². The van der Waals surface area contributed by atoms with Crippen molar-refractivity contribution in [3.63, 3.8) is 0 Å². The van der Waals surface area contributed by atoms with Crippen molar-refractivity contribution in [1.29, 1.82) is 0 Å². The molecule has 3 radical (unpaired) electrons. The molecular weight excluding hydrogens is 244 g/mol. The lowest BCUT2D eigenvalue weighted by Gasteiger charge is -2.05. The normalized spacial score (nSPS) is 12.3. The van der Waals surface area contributed by atoms with Gasteiger partial charge in [-0.25, -0.2) is 0 Å². The Morgan fingerprint density at radius 2 is 1.53 bits per heavy atom. The second kappa shape index (κ2) is 5.94. The molecule has 0 aliphatic heterocycles. The average Bonchev–Trinajstić information content (AvgIpc) is 2.33. The highest BCUT2D eigenvalue weighted by molar-refractivity contribution is 7.83. The van der Waals surface area contributed by atoms with Crippen molar-refractivity contribution in [2.75, 3.05) is 0 Å². The van der Waals surface area contributed by atoms with Gasteiger partial charge in [0.05, 0.1) is 10.2 Å². The van der Waals surface area contributed by atoms with Crippen LogP contribution in [0.1, 0.15) is 11.1 Å². The summed E-state index contributed by atoms with van der Waals surface area (Å²) in [5, 5.41) is 1.02. The monoisotopic (exact) mass is 257 g/mol. The van der Waals surface area contributed by atoms with E-state index in [2.05, 4.69) is 10.2 Å². The van der Waals surface area contributed by atoms with E-state index in [9.17, 15) is 4.21 Å². The van der Waals surface area contributed by atoms with Gasteiger partial charge in [-0.05, 0) is 11.1 Å². The van der Waals surface area contributed by atoms with Crippen molar-refractivity contribution in [3.05, 3.63) is 65.7 Å². The van der Waals surface area contributed by atoms with E-state index in [1.165, 1.54) is 0 Å². The Balaban J connectivity index is 2.01. The minimum absolute atomic E-state index is 0.592. The molecule has 0 aliphatic rings. The lowest BCUT2D eigenvalue weighted by atomic mass is 10.2. The summed E-state index contributed by atoms with van der Waals surface area (Å²) in [6, 6.07) is 17.9. The molecule has 0 bridgehead atoms. The summed E-state index contributed by atoms with van der Waals surface area (Å²) in [5.41, 5.74) is 2.22. The fourth-order valence-corrected chi connectivity index (χ4v) is 3.29. The maximum atomic E-state index is 12.0. The first-order chi connectivity index (χ1) is 8.25. The van der Waals surface area contributed by atoms with Gasteiger partial charge in [-0.15, -0.1) is 0 Å². The molecule has 0 N–H and O–H groups in total. The van der Waals surface area contributed by atoms with E-state index in [0.717, 1.165) is 16.3 Å². The number of rotatable bonds is 4. The summed E-state index contributed by atoms with van der Waals surface area (Å²) in [4.78, 5) is 0. The lowest BCUT2D eigenvalue weighted by Crippen LogP contribution is -2.12. The third-order valence-corrected chi connectivity index (χ3v) is 4.28. The first kappa shape index (κ1) is 12.3. The van der Waals surface area contributed by atoms with E-state index in [1.54, 1.807) is 0 Å². The molecule has 2 aromatic carbocycles. The van der Waals surface area contributed by atoms with Crippen molar-refractivity contribution in [3.8, 4) is 0 Å². The molecule has 85 valence electrons. The van der Waals surface area contributed by atoms with E-state index in [0.29, 0.717) is 11.5 Å². The van der Waals surface area contributed by atoms with E-state index >= 15 is 0 Å². The Kier molecular flexibility index (Phi) is 4.28. The van der Waals surface area contributed by atoms with Gasteiger partial charge in [-0.1, -0.05) is 59.8 Å². The second-order valence-electron chi connectivity index (χ2n) is 3.87. The molecule has 0 aliphatic carbocycles. The van der Waals surface area contributed by atoms with Gasteiger partial charge in [-0.2, -0.15) is 0 Å². The quantitative estimate of drug-likeness (QED) is 0.765. The highest BCUT2D eigenvalue weighted by Gasteiger charge is 2.04. The maximum absolute atomic E-state index is 12.0. The Labute approximate surface area is 108 Å². The van der Waals surface area contributed by atoms with Gasteiger partial charge >= 0.3 is 0 Å². The summed E-state index contributed by atoms with van der Waals surface area (Å²) < 4.78 is 12.0. The molecule has 0 fully saturated rings. The van der Waals surface area contributed by atoms with Gasteiger partial charge in [0.1, 0.15) is 0 Å². The third-order valence-electron chi connectivity index (χ3n) is 2.50. The zero-order valence-electron chi connectivity index (χ0n) is 9.43. The van der Waals surface area contributed by atoms with Gasteiger partial charge < -0.3 is 0 Å². The molecule has 3 heteroatoms. The van der Waals surface area contributed by atoms with E-state index in [1.807, 2.05) is 54.6 Å². The summed E-state index contributed by atoms with van der Waals surface area (Å²) in [5.74, 6) is 1.20. The van der Waals surface area contributed by atoms with Crippen LogP contribution in [-0.4, -0.2) is 14.5 Å². The van der Waals surface area contributed by atoms with Gasteiger partial charge in [0.25, 0.3) is 0 Å². The first-order valence-corrected chi connectivity index (χ1v) is 7.43. The Bertz CT molecular complexity index is 511. The predicted octanol–water partition coefficient (Wildman–Crippen LogP) is 1.93. The molecule has 2 rings (SSSR count). The molecule has 2 aromatic rings. The zero-order valence-corrected chi connectivity index (χ0v) is 11.2. The molecule has 0 spiro atoms. The summed E-state index contributed by atoms with van der Waals surface area (Å²) in [6.07, 6.45) is 0. The Morgan fingerprint density at radius 1 is 0.882 bits per heavy atom. The van der Waals surface area contributed by atoms with Crippen molar-refractivity contribution >= 4 is 26.2 Å². The number of hydrogen-bond donors (Lipinski definition) is 0. The molecule has 0 saturated heterocycles. The van der Waals surface area contributed by atoms with Crippen LogP contribution in [0.15, 0.2) is 54.6 Å². The maximum Gasteiger partial charge on any atom is 0.0716 e. The second-order valence-corrected chi connectivity index (χ2v) is 5.87. The molecule has 0 heterocycles. The molecule has 1 unspecified atom stereocenters. The lowest BCUT2D eigenvalue weighted by molar-refractivity contribution is 0.682. The predicted molar refractivity (Wildman–Crippen MR) is 73.8 cm³/mol. The van der Waals surface area contributed by atoms with E-state index < -0.39 is 10.8 Å². The van der Waals surface area contributed by atoms with Crippen molar-refractivity contribution in [2.24, 2.45) is 0 Å². The van der Waals surface area contributed by atoms with Crippen molar-refractivity contribution < 1.29 is 4.21 Å². The fourth-order valence-electron chi connectivity index (χ4n) is 1.63. The Hall–Kier alpha value is -1.19. The van der Waals surface area contributed by atoms with Crippen molar-refractivity contribution in [1.82, 2.24) is 0 Å². The van der Waals surface area contributed by atoms with Crippen LogP contribution in [0.25, 0.3) is 0 Å². The van der Waals surface area contributed by atoms with Crippen LogP contribution in [0, 0.1) is 0 Å². The summed E-state index contributed by atoms with van der Waals surface area (Å²) in [6.45, 7) is 0. The topological polar surface area (TPSA) is 17.1 Å². The summed E-state index contributed by atoms with van der Waals surface area (Å²) >= 11 is 0. The van der Waals surface area contributed by atoms with Crippen LogP contribution in [-0.2, 0) is 22.3 Å². The molecule has 1 nitrogen and oxygen atoms in total. The minimum atomic E-state index is -0.863. The first-order valence-electron chi connectivity index (χ1n) is 5.44. The van der Waals surface area contributed by atoms with Gasteiger partial charge in [-0.3, -0.25) is 4.21 Å². The number of hydrogen-bond acceptors (Lipinski definition) is 1. The Morgan fingerprint density at radius 3 is 2.24 bits per heavy atom. The molecule has 0 aromatic heterocycles. The zero-order chi connectivity index (χ0) is 12.1. The fraction of sp³-hybridized carbons (Fsp3) is 0.143. The van der Waals surface area contributed by atoms with Gasteiger partial charge in [0, 0.05) is 22.3 Å². The van der Waals surface area contributed by atoms with Crippen LogP contribution < -0.4 is 5.19 Å². The third kappa shape index (κ3) is 3.65. The standard InChI is InChI=1S/C14H13OSSi/c15-16(10-12-6-2-1-3-7-12)11-13-8-4-5-9-14(13)17/h1-9H,10-11H2. The summed E-state index contributed by atoms with van der Waals surface area (Å²) in [7, 11) is 2.66. The van der Waals surface area contributed by atoms with Crippen molar-refractivity contribution in [2.45, 2.75) is 11.5 Å². The van der Waals surface area contributed by atoms with Gasteiger partial charge in [0.2, 0.25) is 0 Å². The molecule has 1 atom stereocenters. The average molecular weight is 257 g/mol. The van der Waals surface area contributed by atoms with Crippen LogP contribution in [0.5, 0.6) is 0 Å². The smallest absolute Gasteiger partial charge is 0.0716 e. The molecular formula is C14H13OSSi. The van der Waals surface area contributed by atoms with Gasteiger partial charge in [0.15, 0.2) is 0 Å². The highest BCUT2D eigenvalue weighted by atomic mass is 32.2. The highest BCUT2D eigenvalue weighted by Crippen LogP contribution is 2.07. The van der Waals surface area contributed by atoms with Crippen LogP contribution in [0.2, 0.25) is 0 Å². The SMILES string of the molecule is O=S(Cc1ccccc1)Cc1ccccc1[Si]. The largest absolute Gasteiger partial charge is 0.259 e. The molecule has 17 heavy (non-hydrogen) atoms. The minimum Gasteiger partial charge on any atom is -0.259 e. The molecule has 0 amide bonds. The number of benzene rings is 2. The van der Waals surface area contributed by atoms with E-state index in [4.69, 9.17) is 0 Å².